The Kier molecular flexibility index (Phi) is 5.20. The summed E-state index contributed by atoms with van der Waals surface area (Å²) in [5.74, 6) is 3.43. The molecule has 0 amide bonds. The van der Waals surface area contributed by atoms with Crippen molar-refractivity contribution in [1.82, 2.24) is 10.1 Å². The molecule has 0 spiro atoms. The van der Waals surface area contributed by atoms with Crippen molar-refractivity contribution in [1.29, 1.82) is 0 Å². The van der Waals surface area contributed by atoms with E-state index >= 15 is 0 Å². The average Bonchev–Trinajstić information content (AvgIpc) is 3.39. The van der Waals surface area contributed by atoms with Crippen LogP contribution in [-0.2, 0) is 6.61 Å². The topological polar surface area (TPSA) is 96.5 Å². The van der Waals surface area contributed by atoms with E-state index < -0.39 is 0 Å². The van der Waals surface area contributed by atoms with E-state index in [2.05, 4.69) is 10.1 Å². The van der Waals surface area contributed by atoms with Crippen molar-refractivity contribution in [2.24, 2.45) is 0 Å². The minimum Gasteiger partial charge on any atom is -0.494 e. The zero-order valence-corrected chi connectivity index (χ0v) is 16.2. The van der Waals surface area contributed by atoms with E-state index in [1.54, 1.807) is 6.07 Å². The number of benzene rings is 2. The SMILES string of the molecule is CCOc1ccc(OCc2ccc(-c3nc(-c4cccc(N)c4C)no3)o2)cc1. The zero-order valence-electron chi connectivity index (χ0n) is 16.2. The van der Waals surface area contributed by atoms with Crippen molar-refractivity contribution < 1.29 is 18.4 Å². The maximum absolute atomic E-state index is 5.96. The highest BCUT2D eigenvalue weighted by molar-refractivity contribution is 5.68. The van der Waals surface area contributed by atoms with Crippen molar-refractivity contribution in [3.8, 4) is 34.5 Å². The Hall–Kier alpha value is -3.74. The number of rotatable bonds is 7. The van der Waals surface area contributed by atoms with Crippen molar-refractivity contribution in [3.63, 3.8) is 0 Å². The molecule has 29 heavy (non-hydrogen) atoms. The van der Waals surface area contributed by atoms with E-state index in [0.29, 0.717) is 35.5 Å². The fourth-order valence-electron chi connectivity index (χ4n) is 2.85. The van der Waals surface area contributed by atoms with Crippen LogP contribution in [0.2, 0.25) is 0 Å². The van der Waals surface area contributed by atoms with Gasteiger partial charge in [-0.3, -0.25) is 0 Å². The van der Waals surface area contributed by atoms with E-state index in [0.717, 1.165) is 22.6 Å². The van der Waals surface area contributed by atoms with Crippen LogP contribution in [0.4, 0.5) is 5.69 Å². The molecule has 0 saturated carbocycles. The molecule has 0 fully saturated rings. The van der Waals surface area contributed by atoms with Gasteiger partial charge in [-0.2, -0.15) is 4.98 Å². The van der Waals surface area contributed by atoms with Crippen LogP contribution >= 0.6 is 0 Å². The van der Waals surface area contributed by atoms with Crippen molar-refractivity contribution in [2.75, 3.05) is 12.3 Å². The Morgan fingerprint density at radius 1 is 0.966 bits per heavy atom. The summed E-state index contributed by atoms with van der Waals surface area (Å²) in [5.41, 5.74) is 8.37. The first-order valence-corrected chi connectivity index (χ1v) is 9.28. The first-order valence-electron chi connectivity index (χ1n) is 9.28. The first kappa shape index (κ1) is 18.6. The molecule has 0 atom stereocenters. The summed E-state index contributed by atoms with van der Waals surface area (Å²) in [5, 5.41) is 4.05. The highest BCUT2D eigenvalue weighted by Crippen LogP contribution is 2.28. The number of nitrogen functional groups attached to an aromatic ring is 1. The summed E-state index contributed by atoms with van der Waals surface area (Å²) in [7, 11) is 0. The van der Waals surface area contributed by atoms with E-state index in [-0.39, 0.29) is 6.61 Å². The fraction of sp³-hybridized carbons (Fsp3) is 0.182. The standard InChI is InChI=1S/C22H21N3O4/c1-3-26-15-7-9-16(10-8-15)27-13-17-11-12-20(28-17)22-24-21(25-29-22)18-5-4-6-19(23)14(18)2/h4-12H,3,13,23H2,1-2H3. The van der Waals surface area contributed by atoms with Crippen LogP contribution in [0.15, 0.2) is 63.5 Å². The van der Waals surface area contributed by atoms with Gasteiger partial charge >= 0.3 is 0 Å². The van der Waals surface area contributed by atoms with E-state index in [1.165, 1.54) is 0 Å². The molecule has 2 heterocycles. The third-order valence-electron chi connectivity index (χ3n) is 4.43. The molecule has 148 valence electrons. The second kappa shape index (κ2) is 8.10. The number of furan rings is 1. The van der Waals surface area contributed by atoms with E-state index in [1.807, 2.05) is 62.4 Å². The molecule has 4 rings (SSSR count). The molecule has 0 aliphatic heterocycles. The molecule has 7 heteroatoms. The lowest BCUT2D eigenvalue weighted by molar-refractivity contribution is 0.269. The molecule has 0 radical (unpaired) electrons. The minimum absolute atomic E-state index is 0.281. The lowest BCUT2D eigenvalue weighted by Crippen LogP contribution is -1.94. The van der Waals surface area contributed by atoms with Crippen LogP contribution < -0.4 is 15.2 Å². The quantitative estimate of drug-likeness (QED) is 0.449. The van der Waals surface area contributed by atoms with Gasteiger partial charge in [0.05, 0.1) is 6.61 Å². The van der Waals surface area contributed by atoms with Gasteiger partial charge in [-0.15, -0.1) is 0 Å². The molecule has 0 saturated heterocycles. The van der Waals surface area contributed by atoms with Crippen LogP contribution in [0.5, 0.6) is 11.5 Å². The molecule has 0 bridgehead atoms. The molecule has 0 aliphatic carbocycles. The van der Waals surface area contributed by atoms with Crippen LogP contribution in [0.3, 0.4) is 0 Å². The van der Waals surface area contributed by atoms with Gasteiger partial charge in [-0.25, -0.2) is 0 Å². The molecule has 0 aliphatic rings. The maximum atomic E-state index is 5.96. The summed E-state index contributed by atoms with van der Waals surface area (Å²) in [6, 6.07) is 16.6. The Balaban J connectivity index is 1.44. The predicted molar refractivity (Wildman–Crippen MR) is 109 cm³/mol. The summed E-state index contributed by atoms with van der Waals surface area (Å²) >= 11 is 0. The number of nitrogens with zero attached hydrogens (tertiary/aromatic N) is 2. The molecule has 4 aromatic rings. The molecule has 2 aromatic heterocycles. The lowest BCUT2D eigenvalue weighted by atomic mass is 10.1. The van der Waals surface area contributed by atoms with Crippen LogP contribution in [0.25, 0.3) is 23.0 Å². The smallest absolute Gasteiger partial charge is 0.293 e. The molecule has 0 unspecified atom stereocenters. The molecular formula is C22H21N3O4. The maximum Gasteiger partial charge on any atom is 0.293 e. The number of hydrogen-bond donors (Lipinski definition) is 1. The molecular weight excluding hydrogens is 370 g/mol. The Bertz CT molecular complexity index is 1100. The Morgan fingerprint density at radius 3 is 2.48 bits per heavy atom. The highest BCUT2D eigenvalue weighted by atomic mass is 16.5. The van der Waals surface area contributed by atoms with Crippen LogP contribution in [0, 0.1) is 6.92 Å². The summed E-state index contributed by atoms with van der Waals surface area (Å²) < 4.78 is 22.3. The molecule has 2 N–H and O–H groups in total. The third-order valence-corrected chi connectivity index (χ3v) is 4.43. The van der Waals surface area contributed by atoms with E-state index in [4.69, 9.17) is 24.1 Å². The number of anilines is 1. The summed E-state index contributed by atoms with van der Waals surface area (Å²) in [6.07, 6.45) is 0. The normalized spacial score (nSPS) is 10.8. The van der Waals surface area contributed by atoms with Gasteiger partial charge in [0.1, 0.15) is 23.9 Å². The summed E-state index contributed by atoms with van der Waals surface area (Å²) in [6.45, 7) is 4.78. The fourth-order valence-corrected chi connectivity index (χ4v) is 2.85. The van der Waals surface area contributed by atoms with Gasteiger partial charge in [-0.1, -0.05) is 17.3 Å². The average molecular weight is 391 g/mol. The zero-order chi connectivity index (χ0) is 20.2. The van der Waals surface area contributed by atoms with Crippen LogP contribution in [0.1, 0.15) is 18.2 Å². The van der Waals surface area contributed by atoms with Crippen molar-refractivity contribution in [2.45, 2.75) is 20.5 Å². The largest absolute Gasteiger partial charge is 0.494 e. The summed E-state index contributed by atoms with van der Waals surface area (Å²) in [4.78, 5) is 4.43. The van der Waals surface area contributed by atoms with Crippen molar-refractivity contribution in [3.05, 3.63) is 65.9 Å². The van der Waals surface area contributed by atoms with Gasteiger partial charge in [-0.05, 0) is 61.9 Å². The van der Waals surface area contributed by atoms with Gasteiger partial charge < -0.3 is 24.1 Å². The lowest BCUT2D eigenvalue weighted by Gasteiger charge is -2.06. The predicted octanol–water partition coefficient (Wildman–Crippen LogP) is 4.86. The van der Waals surface area contributed by atoms with Gasteiger partial charge in [0.15, 0.2) is 5.76 Å². The minimum atomic E-state index is 0.281. The van der Waals surface area contributed by atoms with E-state index in [9.17, 15) is 0 Å². The number of aromatic nitrogens is 2. The highest BCUT2D eigenvalue weighted by Gasteiger charge is 2.16. The van der Waals surface area contributed by atoms with Gasteiger partial charge in [0, 0.05) is 11.3 Å². The number of hydrogen-bond acceptors (Lipinski definition) is 7. The third kappa shape index (κ3) is 4.08. The Morgan fingerprint density at radius 2 is 1.72 bits per heavy atom. The molecule has 2 aromatic carbocycles. The number of ether oxygens (including phenoxy) is 2. The van der Waals surface area contributed by atoms with Gasteiger partial charge in [0.25, 0.3) is 5.89 Å². The van der Waals surface area contributed by atoms with Crippen molar-refractivity contribution >= 4 is 5.69 Å². The second-order valence-corrected chi connectivity index (χ2v) is 6.40. The van der Waals surface area contributed by atoms with Crippen LogP contribution in [-0.4, -0.2) is 16.7 Å². The first-order chi connectivity index (χ1) is 14.1. The van der Waals surface area contributed by atoms with Gasteiger partial charge in [0.2, 0.25) is 5.82 Å². The second-order valence-electron chi connectivity index (χ2n) is 6.40. The number of nitrogens with two attached hydrogens (primary N) is 1. The Labute approximate surface area is 168 Å². The monoisotopic (exact) mass is 391 g/mol. The molecule has 7 nitrogen and oxygen atoms in total.